The summed E-state index contributed by atoms with van der Waals surface area (Å²) in [6.45, 7) is 3.54. The van der Waals surface area contributed by atoms with E-state index in [4.69, 9.17) is 0 Å². The van der Waals surface area contributed by atoms with Crippen LogP contribution in [-0.4, -0.2) is 32.9 Å². The van der Waals surface area contributed by atoms with Gasteiger partial charge in [0.25, 0.3) is 0 Å². The monoisotopic (exact) mass is 292 g/mol. The van der Waals surface area contributed by atoms with Gasteiger partial charge < -0.3 is 4.98 Å². The van der Waals surface area contributed by atoms with E-state index in [0.717, 1.165) is 23.3 Å². The number of aromatic amines is 1. The number of aromatic nitrogens is 3. The predicted molar refractivity (Wildman–Crippen MR) is 88.5 cm³/mol. The van der Waals surface area contributed by atoms with Gasteiger partial charge in [0.05, 0.1) is 0 Å². The molecule has 3 aromatic rings. The highest BCUT2D eigenvalue weighted by molar-refractivity contribution is 5.82. The number of hydrogen-bond donors (Lipinski definition) is 1. The lowest BCUT2D eigenvalue weighted by molar-refractivity contribution is 0.221. The minimum atomic E-state index is 0.891. The number of rotatable bonds is 3. The molecule has 0 amide bonds. The van der Waals surface area contributed by atoms with Crippen molar-refractivity contribution in [2.75, 3.05) is 13.1 Å². The lowest BCUT2D eigenvalue weighted by Crippen LogP contribution is -2.28. The first-order chi connectivity index (χ1) is 10.9. The van der Waals surface area contributed by atoms with Crippen LogP contribution in [0.25, 0.3) is 22.3 Å². The van der Waals surface area contributed by atoms with Gasteiger partial charge in [0.1, 0.15) is 12.0 Å². The largest absolute Gasteiger partial charge is 0.339 e. The number of piperidine rings is 1. The maximum absolute atomic E-state index is 4.25. The SMILES string of the molecule is c1ncc2cc(-c3ccc(CN4CCCCC4)cc3)[nH]c2n1. The average Bonchev–Trinajstić information content (AvgIpc) is 3.00. The van der Waals surface area contributed by atoms with Crippen LogP contribution in [0.5, 0.6) is 0 Å². The maximum Gasteiger partial charge on any atom is 0.141 e. The highest BCUT2D eigenvalue weighted by Gasteiger charge is 2.10. The van der Waals surface area contributed by atoms with Crippen molar-refractivity contribution in [3.8, 4) is 11.3 Å². The van der Waals surface area contributed by atoms with Crippen LogP contribution < -0.4 is 0 Å². The summed E-state index contributed by atoms with van der Waals surface area (Å²) < 4.78 is 0. The zero-order valence-electron chi connectivity index (χ0n) is 12.6. The second kappa shape index (κ2) is 5.89. The standard InChI is InChI=1S/C18H20N4/c1-2-8-22(9-3-1)12-14-4-6-15(7-5-14)17-10-16-11-19-13-20-18(16)21-17/h4-7,10-11,13H,1-3,8-9,12H2,(H,19,20,21). The fraction of sp³-hybridized carbons (Fsp3) is 0.333. The van der Waals surface area contributed by atoms with Gasteiger partial charge in [-0.05, 0) is 43.1 Å². The predicted octanol–water partition coefficient (Wildman–Crippen LogP) is 3.61. The molecular formula is C18H20N4. The summed E-state index contributed by atoms with van der Waals surface area (Å²) in [6.07, 6.45) is 7.48. The molecule has 1 N–H and O–H groups in total. The Labute approximate surface area is 130 Å². The Morgan fingerprint density at radius 2 is 1.86 bits per heavy atom. The van der Waals surface area contributed by atoms with Gasteiger partial charge in [0, 0.05) is 23.8 Å². The number of hydrogen-bond acceptors (Lipinski definition) is 3. The minimum absolute atomic E-state index is 0.891. The number of H-pyrrole nitrogens is 1. The van der Waals surface area contributed by atoms with Gasteiger partial charge in [0.15, 0.2) is 0 Å². The molecule has 1 aliphatic heterocycles. The quantitative estimate of drug-likeness (QED) is 0.802. The Morgan fingerprint density at radius 3 is 2.64 bits per heavy atom. The van der Waals surface area contributed by atoms with Gasteiger partial charge in [0.2, 0.25) is 0 Å². The topological polar surface area (TPSA) is 44.8 Å². The Bertz CT molecular complexity index is 721. The van der Waals surface area contributed by atoms with Crippen molar-refractivity contribution < 1.29 is 0 Å². The molecule has 4 nitrogen and oxygen atoms in total. The molecule has 112 valence electrons. The van der Waals surface area contributed by atoms with Gasteiger partial charge in [-0.15, -0.1) is 0 Å². The van der Waals surface area contributed by atoms with Crippen LogP contribution in [0.1, 0.15) is 24.8 Å². The van der Waals surface area contributed by atoms with Crippen molar-refractivity contribution >= 4 is 11.0 Å². The second-order valence-electron chi connectivity index (χ2n) is 6.04. The number of likely N-dealkylation sites (tertiary alicyclic amines) is 1. The van der Waals surface area contributed by atoms with E-state index < -0.39 is 0 Å². The Morgan fingerprint density at radius 1 is 1.05 bits per heavy atom. The highest BCUT2D eigenvalue weighted by Crippen LogP contribution is 2.23. The van der Waals surface area contributed by atoms with Crippen molar-refractivity contribution in [3.05, 3.63) is 48.4 Å². The molecule has 0 bridgehead atoms. The maximum atomic E-state index is 4.25. The van der Waals surface area contributed by atoms with Gasteiger partial charge in [-0.2, -0.15) is 0 Å². The number of fused-ring (bicyclic) bond motifs is 1. The van der Waals surface area contributed by atoms with Crippen LogP contribution >= 0.6 is 0 Å². The van der Waals surface area contributed by atoms with Crippen LogP contribution in [0.15, 0.2) is 42.9 Å². The van der Waals surface area contributed by atoms with Crippen LogP contribution in [0, 0.1) is 0 Å². The average molecular weight is 292 g/mol. The number of benzene rings is 1. The molecule has 0 radical (unpaired) electrons. The van der Waals surface area contributed by atoms with Crippen LogP contribution in [0.4, 0.5) is 0 Å². The van der Waals surface area contributed by atoms with Crippen LogP contribution in [0.2, 0.25) is 0 Å². The number of nitrogens with zero attached hydrogens (tertiary/aromatic N) is 3. The Hall–Kier alpha value is -2.20. The lowest BCUT2D eigenvalue weighted by atomic mass is 10.1. The summed E-state index contributed by atoms with van der Waals surface area (Å²) in [5.74, 6) is 0. The molecule has 22 heavy (non-hydrogen) atoms. The van der Waals surface area contributed by atoms with Gasteiger partial charge >= 0.3 is 0 Å². The van der Waals surface area contributed by atoms with Crippen LogP contribution in [-0.2, 0) is 6.54 Å². The first-order valence-electron chi connectivity index (χ1n) is 7.99. The highest BCUT2D eigenvalue weighted by atomic mass is 15.1. The third kappa shape index (κ3) is 2.74. The fourth-order valence-corrected chi connectivity index (χ4v) is 3.19. The van der Waals surface area contributed by atoms with Crippen molar-refractivity contribution in [2.24, 2.45) is 0 Å². The smallest absolute Gasteiger partial charge is 0.141 e. The first kappa shape index (κ1) is 13.5. The van der Waals surface area contributed by atoms with E-state index in [9.17, 15) is 0 Å². The summed E-state index contributed by atoms with van der Waals surface area (Å²) in [4.78, 5) is 14.2. The molecular weight excluding hydrogens is 272 g/mol. The molecule has 0 atom stereocenters. The summed E-state index contributed by atoms with van der Waals surface area (Å²) in [6, 6.07) is 11.0. The zero-order chi connectivity index (χ0) is 14.8. The summed E-state index contributed by atoms with van der Waals surface area (Å²) in [7, 11) is 0. The molecule has 0 saturated carbocycles. The fourth-order valence-electron chi connectivity index (χ4n) is 3.19. The summed E-state index contributed by atoms with van der Waals surface area (Å²) in [5.41, 5.74) is 4.57. The molecule has 0 spiro atoms. The second-order valence-corrected chi connectivity index (χ2v) is 6.04. The molecule has 3 heterocycles. The van der Waals surface area contributed by atoms with E-state index in [-0.39, 0.29) is 0 Å². The molecule has 4 heteroatoms. The molecule has 4 rings (SSSR count). The molecule has 1 aliphatic rings. The third-order valence-corrected chi connectivity index (χ3v) is 4.41. The third-order valence-electron chi connectivity index (χ3n) is 4.41. The van der Waals surface area contributed by atoms with Gasteiger partial charge in [-0.3, -0.25) is 4.90 Å². The van der Waals surface area contributed by atoms with Crippen molar-refractivity contribution in [2.45, 2.75) is 25.8 Å². The van der Waals surface area contributed by atoms with E-state index in [1.807, 2.05) is 6.20 Å². The van der Waals surface area contributed by atoms with E-state index in [1.54, 1.807) is 6.33 Å². The van der Waals surface area contributed by atoms with Gasteiger partial charge in [-0.1, -0.05) is 30.7 Å². The van der Waals surface area contributed by atoms with E-state index in [0.29, 0.717) is 0 Å². The van der Waals surface area contributed by atoms with E-state index in [1.165, 1.54) is 43.5 Å². The van der Waals surface area contributed by atoms with Gasteiger partial charge in [-0.25, -0.2) is 9.97 Å². The Kier molecular flexibility index (Phi) is 3.60. The van der Waals surface area contributed by atoms with Crippen molar-refractivity contribution in [3.63, 3.8) is 0 Å². The normalized spacial score (nSPS) is 16.2. The van der Waals surface area contributed by atoms with Crippen molar-refractivity contribution in [1.29, 1.82) is 0 Å². The summed E-state index contributed by atoms with van der Waals surface area (Å²) >= 11 is 0. The van der Waals surface area contributed by atoms with Crippen LogP contribution in [0.3, 0.4) is 0 Å². The molecule has 1 fully saturated rings. The van der Waals surface area contributed by atoms with E-state index in [2.05, 4.69) is 50.2 Å². The Balaban J connectivity index is 1.53. The molecule has 1 saturated heterocycles. The zero-order valence-corrected chi connectivity index (χ0v) is 12.6. The van der Waals surface area contributed by atoms with E-state index >= 15 is 0 Å². The minimum Gasteiger partial charge on any atom is -0.339 e. The first-order valence-corrected chi connectivity index (χ1v) is 7.99. The number of nitrogens with one attached hydrogen (secondary N) is 1. The molecule has 2 aromatic heterocycles. The summed E-state index contributed by atoms with van der Waals surface area (Å²) in [5, 5.41) is 1.05. The molecule has 0 aliphatic carbocycles. The lowest BCUT2D eigenvalue weighted by Gasteiger charge is -2.26. The van der Waals surface area contributed by atoms with Crippen molar-refractivity contribution in [1.82, 2.24) is 19.9 Å². The molecule has 1 aromatic carbocycles. The molecule has 0 unspecified atom stereocenters.